The summed E-state index contributed by atoms with van der Waals surface area (Å²) in [6, 6.07) is 13.1. The number of esters is 1. The van der Waals surface area contributed by atoms with Crippen molar-refractivity contribution in [3.8, 4) is 0 Å². The SMILES string of the molecule is COC(=O)CC(C)NC(=O)c1ccc2ccccc2c1. The summed E-state index contributed by atoms with van der Waals surface area (Å²) in [6.07, 6.45) is 0.163. The van der Waals surface area contributed by atoms with E-state index in [1.807, 2.05) is 36.4 Å². The smallest absolute Gasteiger partial charge is 0.307 e. The Bertz CT molecular complexity index is 636. The number of amides is 1. The summed E-state index contributed by atoms with van der Waals surface area (Å²) in [5.41, 5.74) is 0.584. The van der Waals surface area contributed by atoms with Gasteiger partial charge in [-0.25, -0.2) is 0 Å². The minimum atomic E-state index is -0.337. The van der Waals surface area contributed by atoms with E-state index in [4.69, 9.17) is 0 Å². The standard InChI is InChI=1S/C16H17NO3/c1-11(9-15(18)20-2)17-16(19)14-8-7-12-5-3-4-6-13(12)10-14/h3-8,10-11H,9H2,1-2H3,(H,17,19). The normalized spacial score (nSPS) is 11.9. The first-order valence-corrected chi connectivity index (χ1v) is 6.46. The molecular formula is C16H17NO3. The lowest BCUT2D eigenvalue weighted by Crippen LogP contribution is -2.34. The van der Waals surface area contributed by atoms with Crippen LogP contribution in [0.5, 0.6) is 0 Å². The second-order valence-corrected chi connectivity index (χ2v) is 4.72. The van der Waals surface area contributed by atoms with Crippen LogP contribution in [0.2, 0.25) is 0 Å². The van der Waals surface area contributed by atoms with E-state index in [1.54, 1.807) is 13.0 Å². The number of carbonyl (C=O) groups excluding carboxylic acids is 2. The van der Waals surface area contributed by atoms with Crippen LogP contribution in [0.4, 0.5) is 0 Å². The monoisotopic (exact) mass is 271 g/mol. The quantitative estimate of drug-likeness (QED) is 0.869. The van der Waals surface area contributed by atoms with Gasteiger partial charge >= 0.3 is 5.97 Å². The highest BCUT2D eigenvalue weighted by molar-refractivity contribution is 5.98. The second kappa shape index (κ2) is 6.19. The van der Waals surface area contributed by atoms with E-state index in [0.717, 1.165) is 10.8 Å². The van der Waals surface area contributed by atoms with Gasteiger partial charge in [0.2, 0.25) is 0 Å². The summed E-state index contributed by atoms with van der Waals surface area (Å²) in [7, 11) is 1.33. The molecule has 0 spiro atoms. The summed E-state index contributed by atoms with van der Waals surface area (Å²) in [4.78, 5) is 23.2. The zero-order chi connectivity index (χ0) is 14.5. The number of hydrogen-bond acceptors (Lipinski definition) is 3. The molecule has 0 aromatic heterocycles. The van der Waals surface area contributed by atoms with Crippen molar-refractivity contribution >= 4 is 22.6 Å². The van der Waals surface area contributed by atoms with E-state index < -0.39 is 0 Å². The first-order valence-electron chi connectivity index (χ1n) is 6.46. The van der Waals surface area contributed by atoms with Crippen LogP contribution in [0.1, 0.15) is 23.7 Å². The molecule has 1 unspecified atom stereocenters. The van der Waals surface area contributed by atoms with Crippen molar-refractivity contribution in [3.63, 3.8) is 0 Å². The third-order valence-electron chi connectivity index (χ3n) is 3.09. The number of methoxy groups -OCH3 is 1. The number of hydrogen-bond donors (Lipinski definition) is 1. The molecule has 104 valence electrons. The topological polar surface area (TPSA) is 55.4 Å². The van der Waals surface area contributed by atoms with Gasteiger partial charge in [0.25, 0.3) is 5.91 Å². The third kappa shape index (κ3) is 3.35. The zero-order valence-electron chi connectivity index (χ0n) is 11.6. The molecule has 0 fully saturated rings. The molecule has 0 saturated carbocycles. The molecule has 0 heterocycles. The first kappa shape index (κ1) is 14.1. The van der Waals surface area contributed by atoms with E-state index in [9.17, 15) is 9.59 Å². The van der Waals surface area contributed by atoms with E-state index in [2.05, 4.69) is 10.1 Å². The van der Waals surface area contributed by atoms with Gasteiger partial charge in [-0.05, 0) is 29.8 Å². The van der Waals surface area contributed by atoms with E-state index in [1.165, 1.54) is 7.11 Å². The van der Waals surface area contributed by atoms with Crippen LogP contribution in [0.15, 0.2) is 42.5 Å². The van der Waals surface area contributed by atoms with Gasteiger partial charge in [0, 0.05) is 11.6 Å². The molecule has 0 aliphatic heterocycles. The molecule has 0 aliphatic rings. The van der Waals surface area contributed by atoms with Crippen LogP contribution in [0, 0.1) is 0 Å². The number of benzene rings is 2. The lowest BCUT2D eigenvalue weighted by Gasteiger charge is -2.12. The van der Waals surface area contributed by atoms with Crippen molar-refractivity contribution in [1.82, 2.24) is 5.32 Å². The van der Waals surface area contributed by atoms with Crippen LogP contribution < -0.4 is 5.32 Å². The highest BCUT2D eigenvalue weighted by Crippen LogP contribution is 2.15. The largest absolute Gasteiger partial charge is 0.469 e. The number of ether oxygens (including phenoxy) is 1. The third-order valence-corrected chi connectivity index (χ3v) is 3.09. The lowest BCUT2D eigenvalue weighted by atomic mass is 10.1. The molecular weight excluding hydrogens is 254 g/mol. The molecule has 1 atom stereocenters. The number of carbonyl (C=O) groups is 2. The Labute approximate surface area is 117 Å². The minimum absolute atomic E-state index is 0.163. The van der Waals surface area contributed by atoms with Crippen molar-refractivity contribution in [2.75, 3.05) is 7.11 Å². The number of fused-ring (bicyclic) bond motifs is 1. The molecule has 4 heteroatoms. The Morgan fingerprint density at radius 3 is 2.55 bits per heavy atom. The van der Waals surface area contributed by atoms with Crippen LogP contribution in [-0.4, -0.2) is 25.0 Å². The zero-order valence-corrected chi connectivity index (χ0v) is 11.6. The summed E-state index contributed by atoms with van der Waals surface area (Å²) < 4.78 is 4.58. The van der Waals surface area contributed by atoms with Crippen molar-refractivity contribution < 1.29 is 14.3 Å². The van der Waals surface area contributed by atoms with Gasteiger partial charge in [0.05, 0.1) is 13.5 Å². The Morgan fingerprint density at radius 2 is 1.85 bits per heavy atom. The predicted octanol–water partition coefficient (Wildman–Crippen LogP) is 2.52. The number of rotatable bonds is 4. The maximum atomic E-state index is 12.1. The van der Waals surface area contributed by atoms with Gasteiger partial charge in [0.15, 0.2) is 0 Å². The Hall–Kier alpha value is -2.36. The van der Waals surface area contributed by atoms with Crippen molar-refractivity contribution in [1.29, 1.82) is 0 Å². The minimum Gasteiger partial charge on any atom is -0.469 e. The maximum Gasteiger partial charge on any atom is 0.307 e. The van der Waals surface area contributed by atoms with Crippen LogP contribution >= 0.6 is 0 Å². The first-order chi connectivity index (χ1) is 9.60. The van der Waals surface area contributed by atoms with Gasteiger partial charge in [-0.15, -0.1) is 0 Å². The molecule has 4 nitrogen and oxygen atoms in total. The van der Waals surface area contributed by atoms with Gasteiger partial charge in [-0.2, -0.15) is 0 Å². The molecule has 0 saturated heterocycles. The summed E-state index contributed by atoms with van der Waals surface area (Å²) in [5, 5.41) is 4.89. The molecule has 20 heavy (non-hydrogen) atoms. The molecule has 0 radical (unpaired) electrons. The van der Waals surface area contributed by atoms with E-state index >= 15 is 0 Å². The fourth-order valence-electron chi connectivity index (χ4n) is 2.02. The average Bonchev–Trinajstić information content (AvgIpc) is 2.46. The van der Waals surface area contributed by atoms with Crippen LogP contribution in [-0.2, 0) is 9.53 Å². The van der Waals surface area contributed by atoms with Crippen molar-refractivity contribution in [3.05, 3.63) is 48.0 Å². The highest BCUT2D eigenvalue weighted by atomic mass is 16.5. The molecule has 2 aromatic rings. The Balaban J connectivity index is 2.09. The van der Waals surface area contributed by atoms with Gasteiger partial charge in [0.1, 0.15) is 0 Å². The van der Waals surface area contributed by atoms with Crippen molar-refractivity contribution in [2.45, 2.75) is 19.4 Å². The molecule has 2 rings (SSSR count). The predicted molar refractivity (Wildman–Crippen MR) is 77.5 cm³/mol. The summed E-state index contributed by atoms with van der Waals surface area (Å²) >= 11 is 0. The second-order valence-electron chi connectivity index (χ2n) is 4.72. The highest BCUT2D eigenvalue weighted by Gasteiger charge is 2.13. The van der Waals surface area contributed by atoms with E-state index in [0.29, 0.717) is 5.56 Å². The summed E-state index contributed by atoms with van der Waals surface area (Å²) in [5.74, 6) is -0.525. The molecule has 2 aromatic carbocycles. The molecule has 0 aliphatic carbocycles. The van der Waals surface area contributed by atoms with Crippen LogP contribution in [0.25, 0.3) is 10.8 Å². The summed E-state index contributed by atoms with van der Waals surface area (Å²) in [6.45, 7) is 1.77. The average molecular weight is 271 g/mol. The Morgan fingerprint density at radius 1 is 1.15 bits per heavy atom. The van der Waals surface area contributed by atoms with Gasteiger partial charge < -0.3 is 10.1 Å². The molecule has 1 N–H and O–H groups in total. The Kier molecular flexibility index (Phi) is 4.35. The maximum absolute atomic E-state index is 12.1. The fraction of sp³-hybridized carbons (Fsp3) is 0.250. The molecule has 0 bridgehead atoms. The lowest BCUT2D eigenvalue weighted by molar-refractivity contribution is -0.141. The molecule has 1 amide bonds. The van der Waals surface area contributed by atoms with Gasteiger partial charge in [-0.3, -0.25) is 9.59 Å². The number of nitrogens with one attached hydrogen (secondary N) is 1. The van der Waals surface area contributed by atoms with Gasteiger partial charge in [-0.1, -0.05) is 30.3 Å². The van der Waals surface area contributed by atoms with E-state index in [-0.39, 0.29) is 24.3 Å². The fourth-order valence-corrected chi connectivity index (χ4v) is 2.02. The van der Waals surface area contributed by atoms with Crippen molar-refractivity contribution in [2.24, 2.45) is 0 Å². The van der Waals surface area contributed by atoms with Crippen LogP contribution in [0.3, 0.4) is 0 Å².